The topological polar surface area (TPSA) is 73.0 Å². The molecule has 0 spiro atoms. The van der Waals surface area contributed by atoms with Crippen molar-refractivity contribution in [1.82, 2.24) is 19.9 Å². The Morgan fingerprint density at radius 2 is 2.08 bits per heavy atom. The number of nitrogens with one attached hydrogen (secondary N) is 1. The number of amides is 1. The van der Waals surface area contributed by atoms with E-state index in [1.54, 1.807) is 6.33 Å². The molecule has 6 nitrogen and oxygen atoms in total. The van der Waals surface area contributed by atoms with Crippen molar-refractivity contribution in [1.29, 1.82) is 0 Å². The second-order valence-electron chi connectivity index (χ2n) is 6.11. The Labute approximate surface area is 146 Å². The first-order valence-electron chi connectivity index (χ1n) is 8.30. The van der Waals surface area contributed by atoms with E-state index in [9.17, 15) is 4.79 Å². The summed E-state index contributed by atoms with van der Waals surface area (Å²) in [7, 11) is 0. The van der Waals surface area contributed by atoms with Gasteiger partial charge in [-0.3, -0.25) is 4.79 Å². The van der Waals surface area contributed by atoms with E-state index in [1.807, 2.05) is 48.9 Å². The summed E-state index contributed by atoms with van der Waals surface area (Å²) >= 11 is 0. The minimum Gasteiger partial charge on any atom is -0.441 e. The second kappa shape index (κ2) is 7.34. The van der Waals surface area contributed by atoms with E-state index < -0.39 is 0 Å². The molecule has 0 aliphatic carbocycles. The zero-order valence-electron chi connectivity index (χ0n) is 14.7. The molecular weight excluding hydrogens is 316 g/mol. The van der Waals surface area contributed by atoms with Crippen LogP contribution in [0.4, 0.5) is 0 Å². The number of aromatic nitrogens is 3. The summed E-state index contributed by atoms with van der Waals surface area (Å²) in [6.45, 7) is 6.68. The van der Waals surface area contributed by atoms with Crippen molar-refractivity contribution in [3.8, 4) is 11.5 Å². The van der Waals surface area contributed by atoms with Gasteiger partial charge in [0, 0.05) is 31.6 Å². The Bertz CT molecular complexity index is 879. The average molecular weight is 338 g/mol. The molecule has 0 atom stereocenters. The maximum absolute atomic E-state index is 10.9. The van der Waals surface area contributed by atoms with Crippen LogP contribution in [0, 0.1) is 13.8 Å². The fourth-order valence-electron chi connectivity index (χ4n) is 2.66. The van der Waals surface area contributed by atoms with Gasteiger partial charge < -0.3 is 14.3 Å². The predicted octanol–water partition coefficient (Wildman–Crippen LogP) is 2.88. The van der Waals surface area contributed by atoms with Crippen molar-refractivity contribution in [2.24, 2.45) is 0 Å². The molecule has 0 fully saturated rings. The van der Waals surface area contributed by atoms with Crippen LogP contribution in [0.3, 0.4) is 0 Å². The molecule has 0 unspecified atom stereocenters. The summed E-state index contributed by atoms with van der Waals surface area (Å²) in [6, 6.07) is 8.05. The first-order chi connectivity index (χ1) is 12.0. The van der Waals surface area contributed by atoms with Crippen LogP contribution in [-0.2, 0) is 17.8 Å². The highest BCUT2D eigenvalue weighted by Gasteiger charge is 2.13. The summed E-state index contributed by atoms with van der Waals surface area (Å²) < 4.78 is 7.84. The molecule has 3 rings (SSSR count). The summed E-state index contributed by atoms with van der Waals surface area (Å²) in [4.78, 5) is 19.9. The number of hydrogen-bond donors (Lipinski definition) is 1. The second-order valence-corrected chi connectivity index (χ2v) is 6.11. The summed E-state index contributed by atoms with van der Waals surface area (Å²) in [5.74, 6) is 1.43. The van der Waals surface area contributed by atoms with Crippen LogP contribution < -0.4 is 5.32 Å². The average Bonchev–Trinajstić information content (AvgIpc) is 3.15. The van der Waals surface area contributed by atoms with E-state index in [4.69, 9.17) is 4.42 Å². The quantitative estimate of drug-likeness (QED) is 0.750. The number of oxazole rings is 1. The van der Waals surface area contributed by atoms with Gasteiger partial charge in [0.15, 0.2) is 0 Å². The first kappa shape index (κ1) is 17.0. The minimum absolute atomic E-state index is 0.0265. The van der Waals surface area contributed by atoms with Gasteiger partial charge in [0.2, 0.25) is 11.8 Å². The normalized spacial score (nSPS) is 10.8. The van der Waals surface area contributed by atoms with E-state index in [-0.39, 0.29) is 5.91 Å². The lowest BCUT2D eigenvalue weighted by Gasteiger charge is -2.00. The largest absolute Gasteiger partial charge is 0.441 e. The summed E-state index contributed by atoms with van der Waals surface area (Å²) in [5.41, 5.74) is 3.98. The standard InChI is InChI=1S/C19H22N4O2/c1-13-6-4-5-7-17(13)19-22-18(14(2)25-19)11-23-10-16(21-12-23)8-9-20-15(3)24/h4-7,10,12H,8-9,11H2,1-3H3,(H,20,24). The zero-order valence-corrected chi connectivity index (χ0v) is 14.7. The van der Waals surface area contributed by atoms with Crippen molar-refractivity contribution in [3.05, 3.63) is 59.5 Å². The van der Waals surface area contributed by atoms with Crippen LogP contribution in [-0.4, -0.2) is 27.0 Å². The van der Waals surface area contributed by atoms with E-state index in [1.165, 1.54) is 6.92 Å². The zero-order chi connectivity index (χ0) is 17.8. The highest BCUT2D eigenvalue weighted by molar-refractivity contribution is 5.72. The van der Waals surface area contributed by atoms with Crippen molar-refractivity contribution in [3.63, 3.8) is 0 Å². The van der Waals surface area contributed by atoms with Gasteiger partial charge in [0.05, 0.1) is 18.6 Å². The number of hydrogen-bond acceptors (Lipinski definition) is 4. The van der Waals surface area contributed by atoms with Gasteiger partial charge in [-0.15, -0.1) is 0 Å². The van der Waals surface area contributed by atoms with Gasteiger partial charge in [-0.1, -0.05) is 18.2 Å². The first-order valence-corrected chi connectivity index (χ1v) is 8.30. The lowest BCUT2D eigenvalue weighted by Crippen LogP contribution is -2.22. The molecule has 0 radical (unpaired) electrons. The van der Waals surface area contributed by atoms with Crippen LogP contribution in [0.15, 0.2) is 41.2 Å². The smallest absolute Gasteiger partial charge is 0.226 e. The molecule has 0 aliphatic rings. The summed E-state index contributed by atoms with van der Waals surface area (Å²) in [6.07, 6.45) is 4.47. The van der Waals surface area contributed by atoms with Gasteiger partial charge in [-0.05, 0) is 25.5 Å². The molecule has 3 aromatic rings. The fraction of sp³-hybridized carbons (Fsp3) is 0.316. The maximum atomic E-state index is 10.9. The highest BCUT2D eigenvalue weighted by Crippen LogP contribution is 2.25. The Morgan fingerprint density at radius 1 is 1.28 bits per heavy atom. The maximum Gasteiger partial charge on any atom is 0.226 e. The van der Waals surface area contributed by atoms with Crippen molar-refractivity contribution in [2.75, 3.05) is 6.54 Å². The Balaban J connectivity index is 1.71. The van der Waals surface area contributed by atoms with Crippen molar-refractivity contribution >= 4 is 5.91 Å². The van der Waals surface area contributed by atoms with Crippen molar-refractivity contribution in [2.45, 2.75) is 33.7 Å². The fourth-order valence-corrected chi connectivity index (χ4v) is 2.66. The third-order valence-corrected chi connectivity index (χ3v) is 4.04. The number of carbonyl (C=O) groups is 1. The molecule has 25 heavy (non-hydrogen) atoms. The van der Waals surface area contributed by atoms with Crippen LogP contribution >= 0.6 is 0 Å². The predicted molar refractivity (Wildman–Crippen MR) is 95.1 cm³/mol. The third kappa shape index (κ3) is 4.15. The van der Waals surface area contributed by atoms with Gasteiger partial charge in [-0.25, -0.2) is 9.97 Å². The number of nitrogens with zero attached hydrogens (tertiary/aromatic N) is 3. The lowest BCUT2D eigenvalue weighted by atomic mass is 10.1. The van der Waals surface area contributed by atoms with Gasteiger partial charge >= 0.3 is 0 Å². The molecule has 0 saturated carbocycles. The third-order valence-electron chi connectivity index (χ3n) is 4.04. The number of carbonyl (C=O) groups excluding carboxylic acids is 1. The molecule has 0 saturated heterocycles. The van der Waals surface area contributed by atoms with Gasteiger partial charge in [-0.2, -0.15) is 0 Å². The van der Waals surface area contributed by atoms with E-state index in [2.05, 4.69) is 15.3 Å². The lowest BCUT2D eigenvalue weighted by molar-refractivity contribution is -0.118. The number of benzene rings is 1. The number of aryl methyl sites for hydroxylation is 2. The van der Waals surface area contributed by atoms with E-state index in [0.717, 1.165) is 28.3 Å². The van der Waals surface area contributed by atoms with Gasteiger partial charge in [0.1, 0.15) is 11.5 Å². The van der Waals surface area contributed by atoms with Crippen LogP contribution in [0.5, 0.6) is 0 Å². The molecule has 0 aliphatic heterocycles. The number of imidazole rings is 1. The Kier molecular flexibility index (Phi) is 4.97. The van der Waals surface area contributed by atoms with Crippen LogP contribution in [0.2, 0.25) is 0 Å². The van der Waals surface area contributed by atoms with Crippen LogP contribution in [0.1, 0.15) is 29.6 Å². The number of rotatable bonds is 6. The SMILES string of the molecule is CC(=O)NCCc1cn(Cc2nc(-c3ccccc3C)oc2C)cn1. The monoisotopic (exact) mass is 338 g/mol. The van der Waals surface area contributed by atoms with Gasteiger partial charge in [0.25, 0.3) is 0 Å². The summed E-state index contributed by atoms with van der Waals surface area (Å²) in [5, 5.41) is 2.77. The minimum atomic E-state index is -0.0265. The van der Waals surface area contributed by atoms with E-state index >= 15 is 0 Å². The highest BCUT2D eigenvalue weighted by atomic mass is 16.4. The molecule has 1 aromatic carbocycles. The molecule has 130 valence electrons. The molecule has 2 aromatic heterocycles. The Hall–Kier alpha value is -2.89. The molecule has 1 amide bonds. The van der Waals surface area contributed by atoms with E-state index in [0.29, 0.717) is 25.4 Å². The Morgan fingerprint density at radius 3 is 2.84 bits per heavy atom. The van der Waals surface area contributed by atoms with Crippen LogP contribution in [0.25, 0.3) is 11.5 Å². The molecule has 1 N–H and O–H groups in total. The molecule has 6 heteroatoms. The molecular formula is C19H22N4O2. The molecule has 0 bridgehead atoms. The van der Waals surface area contributed by atoms with Crippen molar-refractivity contribution < 1.29 is 9.21 Å². The molecule has 2 heterocycles.